The van der Waals surface area contributed by atoms with Crippen LogP contribution in [0.5, 0.6) is 0 Å². The molecule has 1 saturated carbocycles. The number of aryl methyl sites for hydroxylation is 1. The van der Waals surface area contributed by atoms with E-state index in [4.69, 9.17) is 0 Å². The van der Waals surface area contributed by atoms with Crippen molar-refractivity contribution < 1.29 is 9.59 Å². The zero-order chi connectivity index (χ0) is 18.8. The number of amides is 2. The number of benzene rings is 1. The number of piperazine rings is 1. The topological polar surface area (TPSA) is 65.5 Å². The van der Waals surface area contributed by atoms with Crippen LogP contribution in [0.3, 0.4) is 0 Å². The highest BCUT2D eigenvalue weighted by Gasteiger charge is 2.26. The van der Waals surface area contributed by atoms with Gasteiger partial charge in [-0.25, -0.2) is 4.98 Å². The molecule has 2 heterocycles. The molecule has 27 heavy (non-hydrogen) atoms. The third kappa shape index (κ3) is 4.10. The van der Waals surface area contributed by atoms with E-state index in [2.05, 4.69) is 46.4 Å². The molecule has 1 aromatic heterocycles. The van der Waals surface area contributed by atoms with Crippen LogP contribution in [0.15, 0.2) is 42.5 Å². The van der Waals surface area contributed by atoms with Gasteiger partial charge in [-0.2, -0.15) is 0 Å². The second-order valence-corrected chi connectivity index (χ2v) is 7.27. The number of rotatable bonds is 4. The standard InChI is InChI=1S/C21H24N4O2/c1-15-4-2-5-17(14-15)24-10-12-25(13-11-24)21(27)19-7-3-6-18(23-19)20(26)22-16-8-9-16/h2-7,14,16H,8-13H2,1H3,(H,22,26). The van der Waals surface area contributed by atoms with E-state index in [1.807, 2.05) is 4.90 Å². The Balaban J connectivity index is 1.39. The first-order chi connectivity index (χ1) is 13.1. The summed E-state index contributed by atoms with van der Waals surface area (Å²) in [7, 11) is 0. The number of anilines is 1. The largest absolute Gasteiger partial charge is 0.368 e. The summed E-state index contributed by atoms with van der Waals surface area (Å²) in [6.45, 7) is 4.95. The molecule has 1 saturated heterocycles. The lowest BCUT2D eigenvalue weighted by molar-refractivity contribution is 0.0740. The molecule has 1 aliphatic heterocycles. The van der Waals surface area contributed by atoms with Crippen LogP contribution in [0, 0.1) is 6.92 Å². The maximum Gasteiger partial charge on any atom is 0.272 e. The summed E-state index contributed by atoms with van der Waals surface area (Å²) in [6, 6.07) is 13.8. The minimum Gasteiger partial charge on any atom is -0.368 e. The van der Waals surface area contributed by atoms with Gasteiger partial charge in [-0.1, -0.05) is 18.2 Å². The van der Waals surface area contributed by atoms with Crippen LogP contribution in [0.2, 0.25) is 0 Å². The van der Waals surface area contributed by atoms with Crippen molar-refractivity contribution in [3.63, 3.8) is 0 Å². The van der Waals surface area contributed by atoms with Crippen molar-refractivity contribution >= 4 is 17.5 Å². The molecular formula is C21H24N4O2. The van der Waals surface area contributed by atoms with E-state index in [1.165, 1.54) is 11.3 Å². The van der Waals surface area contributed by atoms with Crippen LogP contribution >= 0.6 is 0 Å². The number of hydrogen-bond acceptors (Lipinski definition) is 4. The van der Waals surface area contributed by atoms with Crippen LogP contribution in [0.1, 0.15) is 39.4 Å². The average Bonchev–Trinajstić information content (AvgIpc) is 3.51. The molecule has 6 nitrogen and oxygen atoms in total. The zero-order valence-corrected chi connectivity index (χ0v) is 15.5. The summed E-state index contributed by atoms with van der Waals surface area (Å²) in [5, 5.41) is 2.91. The van der Waals surface area contributed by atoms with Gasteiger partial charge in [0.2, 0.25) is 0 Å². The van der Waals surface area contributed by atoms with Crippen LogP contribution in [0.25, 0.3) is 0 Å². The van der Waals surface area contributed by atoms with Gasteiger partial charge in [0.25, 0.3) is 11.8 Å². The molecule has 1 N–H and O–H groups in total. The molecule has 0 radical (unpaired) electrons. The number of pyridine rings is 1. The molecule has 6 heteroatoms. The molecule has 2 fully saturated rings. The first-order valence-electron chi connectivity index (χ1n) is 9.49. The van der Waals surface area contributed by atoms with Gasteiger partial charge >= 0.3 is 0 Å². The highest BCUT2D eigenvalue weighted by atomic mass is 16.2. The number of aromatic nitrogens is 1. The lowest BCUT2D eigenvalue weighted by atomic mass is 10.2. The molecule has 140 valence electrons. The fourth-order valence-corrected chi connectivity index (χ4v) is 3.32. The van der Waals surface area contributed by atoms with Crippen LogP contribution in [-0.4, -0.2) is 53.9 Å². The quantitative estimate of drug-likeness (QED) is 0.904. The Kier molecular flexibility index (Phi) is 4.79. The molecule has 1 aliphatic carbocycles. The summed E-state index contributed by atoms with van der Waals surface area (Å²) in [4.78, 5) is 33.4. The zero-order valence-electron chi connectivity index (χ0n) is 15.5. The summed E-state index contributed by atoms with van der Waals surface area (Å²) < 4.78 is 0. The molecule has 2 aliphatic rings. The van der Waals surface area contributed by atoms with Gasteiger partial charge in [0.05, 0.1) is 0 Å². The highest BCUT2D eigenvalue weighted by molar-refractivity contribution is 5.96. The van der Waals surface area contributed by atoms with E-state index >= 15 is 0 Å². The summed E-state index contributed by atoms with van der Waals surface area (Å²) in [5.74, 6) is -0.309. The Morgan fingerprint density at radius 1 is 1.00 bits per heavy atom. The maximum absolute atomic E-state index is 12.8. The monoisotopic (exact) mass is 364 g/mol. The van der Waals surface area contributed by atoms with Gasteiger partial charge in [0.1, 0.15) is 11.4 Å². The van der Waals surface area contributed by atoms with Gasteiger partial charge in [-0.3, -0.25) is 9.59 Å². The summed E-state index contributed by atoms with van der Waals surface area (Å²) in [5.41, 5.74) is 3.07. The number of carbonyl (C=O) groups is 2. The molecule has 0 atom stereocenters. The van der Waals surface area contributed by atoms with E-state index in [0.717, 1.165) is 25.9 Å². The van der Waals surface area contributed by atoms with Crippen molar-refractivity contribution in [2.45, 2.75) is 25.8 Å². The number of nitrogens with one attached hydrogen (secondary N) is 1. The first-order valence-corrected chi connectivity index (χ1v) is 9.49. The lowest BCUT2D eigenvalue weighted by Gasteiger charge is -2.36. The number of hydrogen-bond donors (Lipinski definition) is 1. The Labute approximate surface area is 159 Å². The second kappa shape index (κ2) is 7.39. The van der Waals surface area contributed by atoms with E-state index in [-0.39, 0.29) is 17.9 Å². The normalized spacial score (nSPS) is 16.9. The van der Waals surface area contributed by atoms with Crippen molar-refractivity contribution in [2.75, 3.05) is 31.1 Å². The SMILES string of the molecule is Cc1cccc(N2CCN(C(=O)c3cccc(C(=O)NC4CC4)n3)CC2)c1. The summed E-state index contributed by atoms with van der Waals surface area (Å²) >= 11 is 0. The van der Waals surface area contributed by atoms with Gasteiger partial charge in [-0.15, -0.1) is 0 Å². The van der Waals surface area contributed by atoms with Crippen molar-refractivity contribution in [3.8, 4) is 0 Å². The maximum atomic E-state index is 12.8. The number of nitrogens with zero attached hydrogens (tertiary/aromatic N) is 3. The predicted molar refractivity (Wildman–Crippen MR) is 104 cm³/mol. The fourth-order valence-electron chi connectivity index (χ4n) is 3.32. The van der Waals surface area contributed by atoms with Gasteiger partial charge < -0.3 is 15.1 Å². The third-order valence-corrected chi connectivity index (χ3v) is 5.05. The lowest BCUT2D eigenvalue weighted by Crippen LogP contribution is -2.49. The molecule has 2 aromatic rings. The molecule has 1 aromatic carbocycles. The Morgan fingerprint density at radius 3 is 2.41 bits per heavy atom. The summed E-state index contributed by atoms with van der Waals surface area (Å²) in [6.07, 6.45) is 2.05. The van der Waals surface area contributed by atoms with Crippen molar-refractivity contribution in [3.05, 3.63) is 59.4 Å². The van der Waals surface area contributed by atoms with E-state index in [1.54, 1.807) is 18.2 Å². The fraction of sp³-hybridized carbons (Fsp3) is 0.381. The Hall–Kier alpha value is -2.89. The van der Waals surface area contributed by atoms with Crippen molar-refractivity contribution in [1.82, 2.24) is 15.2 Å². The van der Waals surface area contributed by atoms with Crippen molar-refractivity contribution in [2.24, 2.45) is 0 Å². The van der Waals surface area contributed by atoms with Gasteiger partial charge in [0, 0.05) is 37.9 Å². The molecule has 2 amide bonds. The van der Waals surface area contributed by atoms with Crippen molar-refractivity contribution in [1.29, 1.82) is 0 Å². The number of carbonyl (C=O) groups excluding carboxylic acids is 2. The van der Waals surface area contributed by atoms with E-state index in [9.17, 15) is 9.59 Å². The van der Waals surface area contributed by atoms with Gasteiger partial charge in [-0.05, 0) is 49.6 Å². The van der Waals surface area contributed by atoms with Crippen LogP contribution in [-0.2, 0) is 0 Å². The minimum atomic E-state index is -0.198. The molecule has 0 bridgehead atoms. The molecular weight excluding hydrogens is 340 g/mol. The minimum absolute atomic E-state index is 0.111. The molecule has 0 spiro atoms. The van der Waals surface area contributed by atoms with Gasteiger partial charge in [0.15, 0.2) is 0 Å². The second-order valence-electron chi connectivity index (χ2n) is 7.27. The first kappa shape index (κ1) is 17.5. The van der Waals surface area contributed by atoms with E-state index in [0.29, 0.717) is 24.5 Å². The Morgan fingerprint density at radius 2 is 1.70 bits per heavy atom. The smallest absolute Gasteiger partial charge is 0.272 e. The molecule has 0 unspecified atom stereocenters. The highest BCUT2D eigenvalue weighted by Crippen LogP contribution is 2.20. The molecule has 4 rings (SSSR count). The predicted octanol–water partition coefficient (Wildman–Crippen LogP) is 2.24. The van der Waals surface area contributed by atoms with Crippen LogP contribution < -0.4 is 10.2 Å². The van der Waals surface area contributed by atoms with Crippen LogP contribution in [0.4, 0.5) is 5.69 Å². The third-order valence-electron chi connectivity index (χ3n) is 5.05. The van der Waals surface area contributed by atoms with E-state index < -0.39 is 0 Å². The average molecular weight is 364 g/mol. The Bertz CT molecular complexity index is 855.